The fraction of sp³-hybridized carbons (Fsp3) is 0.389. The summed E-state index contributed by atoms with van der Waals surface area (Å²) in [6, 6.07) is 9.28. The number of nitrogens with one attached hydrogen (secondary N) is 1. The van der Waals surface area contributed by atoms with E-state index >= 15 is 0 Å². The SMILES string of the molecule is Cc1nc(-c2ccccc2)oc1C(=O)NC1(C(=O)O)CCCCC1. The zero-order chi connectivity index (χ0) is 17.2. The van der Waals surface area contributed by atoms with Gasteiger partial charge in [-0.15, -0.1) is 0 Å². The van der Waals surface area contributed by atoms with Gasteiger partial charge in [-0.05, 0) is 31.9 Å². The van der Waals surface area contributed by atoms with Crippen molar-refractivity contribution in [1.29, 1.82) is 0 Å². The molecule has 1 aromatic carbocycles. The van der Waals surface area contributed by atoms with Crippen LogP contribution in [0, 0.1) is 6.92 Å². The van der Waals surface area contributed by atoms with Crippen LogP contribution in [0.2, 0.25) is 0 Å². The molecule has 0 spiro atoms. The van der Waals surface area contributed by atoms with E-state index in [4.69, 9.17) is 4.42 Å². The fourth-order valence-electron chi connectivity index (χ4n) is 3.13. The van der Waals surface area contributed by atoms with Gasteiger partial charge in [0.1, 0.15) is 5.54 Å². The molecule has 2 aromatic rings. The minimum atomic E-state index is -1.21. The third-order valence-electron chi connectivity index (χ3n) is 4.49. The summed E-state index contributed by atoms with van der Waals surface area (Å²) in [7, 11) is 0. The van der Waals surface area contributed by atoms with Crippen LogP contribution in [0.25, 0.3) is 11.5 Å². The van der Waals surface area contributed by atoms with E-state index in [0.29, 0.717) is 24.4 Å². The zero-order valence-corrected chi connectivity index (χ0v) is 13.5. The van der Waals surface area contributed by atoms with Crippen molar-refractivity contribution in [2.45, 2.75) is 44.6 Å². The van der Waals surface area contributed by atoms with Gasteiger partial charge in [-0.2, -0.15) is 0 Å². The minimum absolute atomic E-state index is 0.0695. The first-order valence-corrected chi connectivity index (χ1v) is 8.11. The van der Waals surface area contributed by atoms with E-state index in [1.807, 2.05) is 30.3 Å². The lowest BCUT2D eigenvalue weighted by Gasteiger charge is -2.33. The molecule has 0 radical (unpaired) electrons. The van der Waals surface area contributed by atoms with Crippen molar-refractivity contribution in [2.75, 3.05) is 0 Å². The molecule has 1 fully saturated rings. The lowest BCUT2D eigenvalue weighted by atomic mass is 9.81. The van der Waals surface area contributed by atoms with Crippen molar-refractivity contribution in [3.05, 3.63) is 41.8 Å². The van der Waals surface area contributed by atoms with E-state index < -0.39 is 17.4 Å². The molecule has 0 aliphatic heterocycles. The summed E-state index contributed by atoms with van der Waals surface area (Å²) in [6.45, 7) is 1.68. The van der Waals surface area contributed by atoms with Crippen molar-refractivity contribution >= 4 is 11.9 Å². The highest BCUT2D eigenvalue weighted by atomic mass is 16.4. The molecule has 0 saturated heterocycles. The Morgan fingerprint density at radius 3 is 2.46 bits per heavy atom. The van der Waals surface area contributed by atoms with Crippen molar-refractivity contribution in [3.63, 3.8) is 0 Å². The average molecular weight is 328 g/mol. The van der Waals surface area contributed by atoms with Crippen LogP contribution in [0.5, 0.6) is 0 Å². The van der Waals surface area contributed by atoms with Crippen molar-refractivity contribution < 1.29 is 19.1 Å². The van der Waals surface area contributed by atoms with Crippen molar-refractivity contribution in [2.24, 2.45) is 0 Å². The topological polar surface area (TPSA) is 92.4 Å². The predicted octanol–water partition coefficient (Wildman–Crippen LogP) is 3.17. The number of aryl methyl sites for hydroxylation is 1. The molecule has 2 N–H and O–H groups in total. The number of hydrogen-bond donors (Lipinski definition) is 2. The zero-order valence-electron chi connectivity index (χ0n) is 13.5. The lowest BCUT2D eigenvalue weighted by molar-refractivity contribution is -0.145. The van der Waals surface area contributed by atoms with Crippen molar-refractivity contribution in [1.82, 2.24) is 10.3 Å². The molecular formula is C18H20N2O4. The third kappa shape index (κ3) is 3.04. The van der Waals surface area contributed by atoms with E-state index in [0.717, 1.165) is 24.8 Å². The highest BCUT2D eigenvalue weighted by Gasteiger charge is 2.42. The largest absolute Gasteiger partial charge is 0.480 e. The maximum atomic E-state index is 12.6. The normalized spacial score (nSPS) is 16.5. The molecule has 0 bridgehead atoms. The van der Waals surface area contributed by atoms with Gasteiger partial charge in [0.2, 0.25) is 11.7 Å². The molecule has 126 valence electrons. The van der Waals surface area contributed by atoms with Gasteiger partial charge in [-0.1, -0.05) is 37.5 Å². The van der Waals surface area contributed by atoms with Gasteiger partial charge in [-0.3, -0.25) is 4.79 Å². The number of hydrogen-bond acceptors (Lipinski definition) is 4. The summed E-state index contributed by atoms with van der Waals surface area (Å²) in [5.41, 5.74) is 0.00884. The molecule has 1 aliphatic carbocycles. The van der Waals surface area contributed by atoms with Gasteiger partial charge in [0.25, 0.3) is 5.91 Å². The van der Waals surface area contributed by atoms with Crippen LogP contribution in [-0.2, 0) is 4.79 Å². The van der Waals surface area contributed by atoms with E-state index in [9.17, 15) is 14.7 Å². The Bertz CT molecular complexity index is 746. The highest BCUT2D eigenvalue weighted by Crippen LogP contribution is 2.29. The van der Waals surface area contributed by atoms with Gasteiger partial charge in [0.15, 0.2) is 0 Å². The number of oxazole rings is 1. The maximum absolute atomic E-state index is 12.6. The van der Waals surface area contributed by atoms with Gasteiger partial charge >= 0.3 is 5.97 Å². The molecule has 1 amide bonds. The smallest absolute Gasteiger partial charge is 0.329 e. The van der Waals surface area contributed by atoms with Gasteiger partial charge in [0.05, 0.1) is 5.69 Å². The number of rotatable bonds is 4. The molecule has 1 heterocycles. The Hall–Kier alpha value is -2.63. The second kappa shape index (κ2) is 6.47. The molecule has 6 heteroatoms. The third-order valence-corrected chi connectivity index (χ3v) is 4.49. The molecule has 1 aliphatic rings. The summed E-state index contributed by atoms with van der Waals surface area (Å²) in [6.07, 6.45) is 3.44. The number of aliphatic carboxylic acids is 1. The average Bonchev–Trinajstić information content (AvgIpc) is 2.98. The first-order chi connectivity index (χ1) is 11.5. The van der Waals surface area contributed by atoms with Crippen molar-refractivity contribution in [3.8, 4) is 11.5 Å². The molecular weight excluding hydrogens is 308 g/mol. The van der Waals surface area contributed by atoms with Crippen LogP contribution >= 0.6 is 0 Å². The first-order valence-electron chi connectivity index (χ1n) is 8.11. The van der Waals surface area contributed by atoms with Crippen LogP contribution in [0.15, 0.2) is 34.7 Å². The number of nitrogens with zero attached hydrogens (tertiary/aromatic N) is 1. The quantitative estimate of drug-likeness (QED) is 0.899. The Kier molecular flexibility index (Phi) is 4.38. The van der Waals surface area contributed by atoms with Gasteiger partial charge < -0.3 is 14.8 Å². The van der Waals surface area contributed by atoms with Crippen LogP contribution in [-0.4, -0.2) is 27.5 Å². The minimum Gasteiger partial charge on any atom is -0.480 e. The Morgan fingerprint density at radius 2 is 1.83 bits per heavy atom. The Morgan fingerprint density at radius 1 is 1.17 bits per heavy atom. The number of carbonyl (C=O) groups excluding carboxylic acids is 1. The van der Waals surface area contributed by atoms with Gasteiger partial charge in [0, 0.05) is 5.56 Å². The summed E-state index contributed by atoms with van der Waals surface area (Å²) < 4.78 is 5.61. The molecule has 6 nitrogen and oxygen atoms in total. The second-order valence-electron chi connectivity index (χ2n) is 6.20. The standard InChI is InChI=1S/C18H20N2O4/c1-12-14(24-16(19-12)13-8-4-2-5-9-13)15(21)20-18(17(22)23)10-6-3-7-11-18/h2,4-5,8-9H,3,6-7,10-11H2,1H3,(H,20,21)(H,22,23). The fourth-order valence-corrected chi connectivity index (χ4v) is 3.13. The number of carboxylic acid groups (broad SMARTS) is 1. The summed E-state index contributed by atoms with van der Waals surface area (Å²) >= 11 is 0. The molecule has 0 unspecified atom stereocenters. The van der Waals surface area contributed by atoms with E-state index in [-0.39, 0.29) is 5.76 Å². The number of benzene rings is 1. The number of aromatic nitrogens is 1. The molecule has 3 rings (SSSR count). The first kappa shape index (κ1) is 16.2. The molecule has 1 saturated carbocycles. The Labute approximate surface area is 139 Å². The van der Waals surface area contributed by atoms with E-state index in [2.05, 4.69) is 10.3 Å². The lowest BCUT2D eigenvalue weighted by Crippen LogP contribution is -2.55. The highest BCUT2D eigenvalue weighted by molar-refractivity contribution is 5.96. The van der Waals surface area contributed by atoms with E-state index in [1.54, 1.807) is 6.92 Å². The summed E-state index contributed by atoms with van der Waals surface area (Å²) in [4.78, 5) is 28.6. The molecule has 24 heavy (non-hydrogen) atoms. The van der Waals surface area contributed by atoms with Crippen LogP contribution in [0.1, 0.15) is 48.4 Å². The molecule has 1 aromatic heterocycles. The number of amides is 1. The summed E-state index contributed by atoms with van der Waals surface area (Å²) in [5, 5.41) is 12.3. The summed E-state index contributed by atoms with van der Waals surface area (Å²) in [5.74, 6) is -1.09. The Balaban J connectivity index is 1.85. The predicted molar refractivity (Wildman–Crippen MR) is 87.6 cm³/mol. The van der Waals surface area contributed by atoms with E-state index in [1.165, 1.54) is 0 Å². The van der Waals surface area contributed by atoms with Crippen LogP contribution in [0.3, 0.4) is 0 Å². The van der Waals surface area contributed by atoms with Gasteiger partial charge in [-0.25, -0.2) is 9.78 Å². The molecule has 0 atom stereocenters. The second-order valence-corrected chi connectivity index (χ2v) is 6.20. The van der Waals surface area contributed by atoms with Crippen LogP contribution in [0.4, 0.5) is 0 Å². The van der Waals surface area contributed by atoms with Crippen LogP contribution < -0.4 is 5.32 Å². The number of carbonyl (C=O) groups is 2. The monoisotopic (exact) mass is 328 g/mol. The maximum Gasteiger partial charge on any atom is 0.329 e. The number of carboxylic acids is 1.